The first-order valence-electron chi connectivity index (χ1n) is 10.1. The molecule has 0 aliphatic carbocycles. The van der Waals surface area contributed by atoms with E-state index in [1.54, 1.807) is 17.0 Å². The molecule has 0 radical (unpaired) electrons. The molecule has 1 aromatic carbocycles. The van der Waals surface area contributed by atoms with Gasteiger partial charge in [-0.2, -0.15) is 9.61 Å². The highest BCUT2D eigenvalue weighted by Gasteiger charge is 2.28. The highest BCUT2D eigenvalue weighted by Crippen LogP contribution is 2.20. The number of amides is 1. The van der Waals surface area contributed by atoms with E-state index in [-0.39, 0.29) is 17.3 Å². The lowest BCUT2D eigenvalue weighted by atomic mass is 10.1. The molecular formula is C21H23FN6O2. The van der Waals surface area contributed by atoms with Crippen LogP contribution in [-0.2, 0) is 20.0 Å². The van der Waals surface area contributed by atoms with Crippen LogP contribution in [0, 0.1) is 5.82 Å². The number of piperazine rings is 1. The van der Waals surface area contributed by atoms with E-state index in [1.807, 2.05) is 11.6 Å². The van der Waals surface area contributed by atoms with Crippen molar-refractivity contribution in [3.8, 4) is 0 Å². The van der Waals surface area contributed by atoms with E-state index in [0.29, 0.717) is 49.5 Å². The van der Waals surface area contributed by atoms with Crippen molar-refractivity contribution in [1.29, 1.82) is 0 Å². The third-order valence-corrected chi connectivity index (χ3v) is 6.09. The highest BCUT2D eigenvalue weighted by atomic mass is 19.1. The lowest BCUT2D eigenvalue weighted by Crippen LogP contribution is -2.49. The number of nitrogens with zero attached hydrogens (tertiary/aromatic N) is 5. The van der Waals surface area contributed by atoms with Crippen LogP contribution in [0.4, 0.5) is 10.1 Å². The summed E-state index contributed by atoms with van der Waals surface area (Å²) in [5.74, 6) is -0.378. The molecule has 9 heteroatoms. The number of carbonyl (C=O) groups excluding carboxylic acids is 1. The van der Waals surface area contributed by atoms with Crippen molar-refractivity contribution in [1.82, 2.24) is 24.4 Å². The molecule has 5 rings (SSSR count). The second-order valence-corrected chi connectivity index (χ2v) is 7.77. The minimum atomic E-state index is -0.260. The minimum Gasteiger partial charge on any atom is -0.368 e. The average Bonchev–Trinajstić information content (AvgIpc) is 3.23. The fraction of sp³-hybridized carbons (Fsp3) is 0.381. The Morgan fingerprint density at radius 3 is 2.60 bits per heavy atom. The molecule has 156 valence electrons. The molecule has 1 N–H and O–H groups in total. The average molecular weight is 410 g/mol. The molecule has 2 aliphatic rings. The van der Waals surface area contributed by atoms with Crippen LogP contribution in [0.2, 0.25) is 0 Å². The molecule has 0 saturated carbocycles. The van der Waals surface area contributed by atoms with Crippen LogP contribution < -0.4 is 15.8 Å². The maximum Gasteiger partial charge on any atom is 0.279 e. The van der Waals surface area contributed by atoms with Crippen molar-refractivity contribution in [2.24, 2.45) is 7.05 Å². The summed E-state index contributed by atoms with van der Waals surface area (Å²) in [6.07, 6.45) is 2.25. The molecule has 1 saturated heterocycles. The van der Waals surface area contributed by atoms with Gasteiger partial charge in [0.05, 0.1) is 11.8 Å². The van der Waals surface area contributed by atoms with E-state index >= 15 is 0 Å². The Labute approximate surface area is 172 Å². The van der Waals surface area contributed by atoms with E-state index < -0.39 is 0 Å². The first kappa shape index (κ1) is 18.8. The van der Waals surface area contributed by atoms with Crippen molar-refractivity contribution in [2.45, 2.75) is 13.0 Å². The second kappa shape index (κ2) is 7.24. The quantitative estimate of drug-likeness (QED) is 0.676. The van der Waals surface area contributed by atoms with Crippen LogP contribution in [0.25, 0.3) is 5.65 Å². The topological polar surface area (TPSA) is 74.9 Å². The van der Waals surface area contributed by atoms with Crippen LogP contribution in [0.1, 0.15) is 21.6 Å². The smallest absolute Gasteiger partial charge is 0.279 e. The van der Waals surface area contributed by atoms with Crippen molar-refractivity contribution in [3.05, 3.63) is 63.5 Å². The maximum atomic E-state index is 13.3. The zero-order valence-corrected chi connectivity index (χ0v) is 16.8. The molecule has 4 heterocycles. The summed E-state index contributed by atoms with van der Waals surface area (Å²) in [5.41, 5.74) is 3.46. The Hall–Kier alpha value is -3.20. The van der Waals surface area contributed by atoms with Crippen LogP contribution in [-0.4, -0.2) is 57.7 Å². The Bertz CT molecular complexity index is 1170. The number of benzene rings is 1. The molecule has 1 fully saturated rings. The minimum absolute atomic E-state index is 0.118. The summed E-state index contributed by atoms with van der Waals surface area (Å²) in [7, 11) is 1.89. The first-order valence-corrected chi connectivity index (χ1v) is 10.1. The van der Waals surface area contributed by atoms with Gasteiger partial charge in [-0.1, -0.05) is 0 Å². The monoisotopic (exact) mass is 410 g/mol. The summed E-state index contributed by atoms with van der Waals surface area (Å²) < 4.78 is 16.4. The molecule has 30 heavy (non-hydrogen) atoms. The Balaban J connectivity index is 1.41. The number of nitrogens with one attached hydrogen (secondary N) is 1. The summed E-state index contributed by atoms with van der Waals surface area (Å²) >= 11 is 0. The fourth-order valence-electron chi connectivity index (χ4n) is 4.45. The van der Waals surface area contributed by atoms with Gasteiger partial charge >= 0.3 is 0 Å². The zero-order valence-electron chi connectivity index (χ0n) is 16.8. The van der Waals surface area contributed by atoms with E-state index in [1.165, 1.54) is 22.8 Å². The van der Waals surface area contributed by atoms with Gasteiger partial charge in [0.25, 0.3) is 11.5 Å². The third-order valence-electron chi connectivity index (χ3n) is 6.09. The number of aromatic nitrogens is 3. The predicted octanol–water partition coefficient (Wildman–Crippen LogP) is 0.780. The SMILES string of the molecule is Cn1c2c(c(=O)n3ncc(C(=O)N4CCN(c5ccc(F)cc5)CC4)c13)CNCC2. The van der Waals surface area contributed by atoms with Gasteiger partial charge in [0.2, 0.25) is 0 Å². The van der Waals surface area contributed by atoms with Gasteiger partial charge in [-0.3, -0.25) is 9.59 Å². The Morgan fingerprint density at radius 2 is 1.87 bits per heavy atom. The molecule has 0 atom stereocenters. The number of carbonyl (C=O) groups is 1. The van der Waals surface area contributed by atoms with E-state index in [0.717, 1.165) is 24.3 Å². The van der Waals surface area contributed by atoms with Crippen molar-refractivity contribution in [2.75, 3.05) is 37.6 Å². The van der Waals surface area contributed by atoms with Gasteiger partial charge in [0.15, 0.2) is 5.65 Å². The molecule has 3 aromatic rings. The lowest BCUT2D eigenvalue weighted by Gasteiger charge is -2.36. The number of halogens is 1. The fourth-order valence-corrected chi connectivity index (χ4v) is 4.45. The molecule has 0 bridgehead atoms. The molecule has 2 aliphatic heterocycles. The van der Waals surface area contributed by atoms with Gasteiger partial charge in [-0.05, 0) is 24.3 Å². The number of rotatable bonds is 2. The molecular weight excluding hydrogens is 387 g/mol. The number of hydrogen-bond donors (Lipinski definition) is 1. The number of fused-ring (bicyclic) bond motifs is 2. The summed E-state index contributed by atoms with van der Waals surface area (Å²) in [5, 5.41) is 7.46. The zero-order chi connectivity index (χ0) is 20.8. The number of anilines is 1. The van der Waals surface area contributed by atoms with Crippen molar-refractivity contribution >= 4 is 17.2 Å². The van der Waals surface area contributed by atoms with Crippen LogP contribution in [0.3, 0.4) is 0 Å². The standard InChI is InChI=1S/C21H23FN6O2/c1-25-18-6-7-23-12-16(18)21(30)28-19(25)17(13-24-28)20(29)27-10-8-26(9-11-27)15-4-2-14(22)3-5-15/h2-5,13,23H,6-12H2,1H3. The van der Waals surface area contributed by atoms with Crippen LogP contribution >= 0.6 is 0 Å². The summed E-state index contributed by atoms with van der Waals surface area (Å²) in [6.45, 7) is 3.76. The van der Waals surface area contributed by atoms with Crippen LogP contribution in [0.15, 0.2) is 35.3 Å². The first-order chi connectivity index (χ1) is 14.5. The third kappa shape index (κ3) is 2.97. The summed E-state index contributed by atoms with van der Waals surface area (Å²) in [4.78, 5) is 30.1. The number of hydrogen-bond acceptors (Lipinski definition) is 5. The van der Waals surface area contributed by atoms with E-state index in [2.05, 4.69) is 15.3 Å². The molecule has 0 spiro atoms. The van der Waals surface area contributed by atoms with Gasteiger partial charge < -0.3 is 19.7 Å². The highest BCUT2D eigenvalue weighted by molar-refractivity contribution is 6.00. The van der Waals surface area contributed by atoms with Crippen molar-refractivity contribution < 1.29 is 9.18 Å². The van der Waals surface area contributed by atoms with Crippen LogP contribution in [0.5, 0.6) is 0 Å². The van der Waals surface area contributed by atoms with E-state index in [9.17, 15) is 14.0 Å². The van der Waals surface area contributed by atoms with Gasteiger partial charge in [0, 0.05) is 64.1 Å². The molecule has 0 unspecified atom stereocenters. The Morgan fingerprint density at radius 1 is 1.13 bits per heavy atom. The largest absolute Gasteiger partial charge is 0.368 e. The van der Waals surface area contributed by atoms with E-state index in [4.69, 9.17) is 0 Å². The molecule has 1 amide bonds. The normalized spacial score (nSPS) is 16.7. The van der Waals surface area contributed by atoms with Gasteiger partial charge in [-0.15, -0.1) is 0 Å². The summed E-state index contributed by atoms with van der Waals surface area (Å²) in [6, 6.07) is 6.41. The van der Waals surface area contributed by atoms with Gasteiger partial charge in [0.1, 0.15) is 11.4 Å². The lowest BCUT2D eigenvalue weighted by molar-refractivity contribution is 0.0748. The number of aryl methyl sites for hydroxylation is 1. The van der Waals surface area contributed by atoms with Crippen molar-refractivity contribution in [3.63, 3.8) is 0 Å². The molecule has 8 nitrogen and oxygen atoms in total. The maximum absolute atomic E-state index is 13.3. The molecule has 2 aromatic heterocycles. The second-order valence-electron chi connectivity index (χ2n) is 7.77. The Kier molecular flexibility index (Phi) is 4.54. The van der Waals surface area contributed by atoms with Gasteiger partial charge in [-0.25, -0.2) is 4.39 Å². The predicted molar refractivity (Wildman–Crippen MR) is 110 cm³/mol.